The van der Waals surface area contributed by atoms with Crippen molar-refractivity contribution in [3.63, 3.8) is 0 Å². The lowest BCUT2D eigenvalue weighted by Gasteiger charge is -2.30. The molecular weight excluding hydrogens is 268 g/mol. The van der Waals surface area contributed by atoms with Gasteiger partial charge in [-0.15, -0.1) is 0 Å². The van der Waals surface area contributed by atoms with Crippen LogP contribution < -0.4 is 5.32 Å². The number of pyridine rings is 1. The number of likely N-dealkylation sites (tertiary alicyclic amines) is 1. The summed E-state index contributed by atoms with van der Waals surface area (Å²) in [6.07, 6.45) is 3.79. The van der Waals surface area contributed by atoms with E-state index in [0.29, 0.717) is 16.6 Å². The van der Waals surface area contributed by atoms with E-state index >= 15 is 0 Å². The van der Waals surface area contributed by atoms with Gasteiger partial charge in [0.2, 0.25) is 0 Å². The van der Waals surface area contributed by atoms with Crippen LogP contribution in [0.4, 0.5) is 11.4 Å². The van der Waals surface area contributed by atoms with Crippen molar-refractivity contribution in [1.82, 2.24) is 9.88 Å². The van der Waals surface area contributed by atoms with Crippen molar-refractivity contribution in [3.05, 3.63) is 40.6 Å². The first-order valence-corrected chi connectivity index (χ1v) is 7.12. The quantitative estimate of drug-likeness (QED) is 0.693. The van der Waals surface area contributed by atoms with Gasteiger partial charge in [-0.1, -0.05) is 0 Å². The van der Waals surface area contributed by atoms with E-state index < -0.39 is 0 Å². The first-order chi connectivity index (χ1) is 10.1. The van der Waals surface area contributed by atoms with Gasteiger partial charge >= 0.3 is 5.69 Å². The van der Waals surface area contributed by atoms with Crippen LogP contribution in [-0.2, 0) is 0 Å². The van der Waals surface area contributed by atoms with E-state index in [9.17, 15) is 10.1 Å². The largest absolute Gasteiger partial charge is 0.375 e. The van der Waals surface area contributed by atoms with E-state index in [0.717, 1.165) is 25.9 Å². The smallest absolute Gasteiger partial charge is 0.301 e. The second-order valence-corrected chi connectivity index (χ2v) is 5.53. The number of likely N-dealkylation sites (N-methyl/N-ethyl adjacent to an activating group) is 1. The number of aromatic nitrogens is 1. The van der Waals surface area contributed by atoms with Crippen molar-refractivity contribution >= 4 is 22.3 Å². The number of nitrogens with one attached hydrogen (secondary N) is 1. The molecule has 0 spiro atoms. The highest BCUT2D eigenvalue weighted by molar-refractivity contribution is 5.94. The zero-order valence-corrected chi connectivity index (χ0v) is 12.0. The van der Waals surface area contributed by atoms with Gasteiger partial charge in [0.05, 0.1) is 15.8 Å². The number of piperidine rings is 1. The summed E-state index contributed by atoms with van der Waals surface area (Å²) in [6.45, 7) is 1.99. The fourth-order valence-electron chi connectivity index (χ4n) is 2.95. The molecule has 2 heterocycles. The average Bonchev–Trinajstić information content (AvgIpc) is 2.46. The molecule has 0 saturated carbocycles. The lowest BCUT2D eigenvalue weighted by atomic mass is 10.0. The van der Waals surface area contributed by atoms with Crippen LogP contribution in [0.1, 0.15) is 12.8 Å². The summed E-state index contributed by atoms with van der Waals surface area (Å²) in [4.78, 5) is 17.6. The van der Waals surface area contributed by atoms with Gasteiger partial charge in [0.1, 0.15) is 5.69 Å². The maximum atomic E-state index is 11.5. The molecule has 110 valence electrons. The zero-order valence-electron chi connectivity index (χ0n) is 12.0. The highest BCUT2D eigenvalue weighted by atomic mass is 16.6. The predicted molar refractivity (Wildman–Crippen MR) is 82.5 cm³/mol. The minimum absolute atomic E-state index is 0.119. The number of benzene rings is 1. The molecule has 3 rings (SSSR count). The van der Waals surface area contributed by atoms with Crippen LogP contribution >= 0.6 is 0 Å². The van der Waals surface area contributed by atoms with Crippen LogP contribution in [-0.4, -0.2) is 41.0 Å². The number of nitrogens with zero attached hydrogens (tertiary/aromatic N) is 3. The molecule has 0 amide bonds. The molecule has 1 aliphatic heterocycles. The second kappa shape index (κ2) is 5.65. The Labute approximate surface area is 122 Å². The zero-order chi connectivity index (χ0) is 14.8. The normalized spacial score (nSPS) is 19.6. The number of rotatable bonds is 3. The Morgan fingerprint density at radius 2 is 2.29 bits per heavy atom. The van der Waals surface area contributed by atoms with Gasteiger partial charge in [-0.05, 0) is 50.7 Å². The fourth-order valence-corrected chi connectivity index (χ4v) is 2.95. The molecule has 1 N–H and O–H groups in total. The Morgan fingerprint density at radius 3 is 3.05 bits per heavy atom. The molecule has 1 saturated heterocycles. The first kappa shape index (κ1) is 13.8. The van der Waals surface area contributed by atoms with E-state index in [1.807, 2.05) is 6.07 Å². The highest BCUT2D eigenvalue weighted by Crippen LogP contribution is 2.33. The lowest BCUT2D eigenvalue weighted by molar-refractivity contribution is -0.382. The molecule has 1 aromatic heterocycles. The van der Waals surface area contributed by atoms with E-state index in [-0.39, 0.29) is 16.7 Å². The van der Waals surface area contributed by atoms with E-state index in [2.05, 4.69) is 22.2 Å². The van der Waals surface area contributed by atoms with Gasteiger partial charge in [-0.25, -0.2) is 0 Å². The third-order valence-corrected chi connectivity index (χ3v) is 3.92. The Balaban J connectivity index is 1.97. The van der Waals surface area contributed by atoms with Gasteiger partial charge in [-0.2, -0.15) is 0 Å². The Hall–Kier alpha value is -2.21. The van der Waals surface area contributed by atoms with Crippen LogP contribution in [0.15, 0.2) is 30.5 Å². The van der Waals surface area contributed by atoms with E-state index in [1.54, 1.807) is 24.4 Å². The van der Waals surface area contributed by atoms with Crippen LogP contribution in [0.5, 0.6) is 0 Å². The molecule has 1 unspecified atom stereocenters. The van der Waals surface area contributed by atoms with Gasteiger partial charge in [0.15, 0.2) is 0 Å². The topological polar surface area (TPSA) is 71.3 Å². The van der Waals surface area contributed by atoms with Crippen molar-refractivity contribution in [3.8, 4) is 0 Å². The molecule has 0 radical (unpaired) electrons. The first-order valence-electron chi connectivity index (χ1n) is 7.12. The van der Waals surface area contributed by atoms with Crippen LogP contribution in [0.2, 0.25) is 0 Å². The summed E-state index contributed by atoms with van der Waals surface area (Å²) >= 11 is 0. The molecule has 6 heteroatoms. The number of fused-ring (bicyclic) bond motifs is 1. The Morgan fingerprint density at radius 1 is 1.43 bits per heavy atom. The van der Waals surface area contributed by atoms with E-state index in [1.165, 1.54) is 0 Å². The molecule has 1 aliphatic rings. The SMILES string of the molecule is CN1CCCC(Nc2ccc3ncccc3c2[N+](=O)[O-])C1. The molecule has 1 aromatic carbocycles. The number of anilines is 1. The van der Waals surface area contributed by atoms with Crippen LogP contribution in [0.25, 0.3) is 10.9 Å². The van der Waals surface area contributed by atoms with Crippen molar-refractivity contribution in [1.29, 1.82) is 0 Å². The maximum Gasteiger partial charge on any atom is 0.301 e. The number of hydrogen-bond acceptors (Lipinski definition) is 5. The van der Waals surface area contributed by atoms with Gasteiger partial charge in [-0.3, -0.25) is 15.1 Å². The minimum Gasteiger partial charge on any atom is -0.375 e. The van der Waals surface area contributed by atoms with Crippen LogP contribution in [0.3, 0.4) is 0 Å². The molecule has 2 aromatic rings. The second-order valence-electron chi connectivity index (χ2n) is 5.53. The number of nitro benzene ring substituents is 1. The van der Waals surface area contributed by atoms with Crippen molar-refractivity contribution in [2.24, 2.45) is 0 Å². The standard InChI is InChI=1S/C15H18N4O2/c1-18-9-3-4-11(10-18)17-14-7-6-13-12(5-2-8-16-13)15(14)19(20)21/h2,5-8,11,17H,3-4,9-10H2,1H3. The number of nitro groups is 1. The molecule has 0 bridgehead atoms. The summed E-state index contributed by atoms with van der Waals surface area (Å²) < 4.78 is 0. The number of hydrogen-bond donors (Lipinski definition) is 1. The van der Waals surface area contributed by atoms with Gasteiger partial charge in [0, 0.05) is 18.8 Å². The molecule has 21 heavy (non-hydrogen) atoms. The summed E-state index contributed by atoms with van der Waals surface area (Å²) in [5, 5.41) is 15.4. The molecular formula is C15H18N4O2. The Kier molecular flexibility index (Phi) is 3.70. The maximum absolute atomic E-state index is 11.5. The summed E-state index contributed by atoms with van der Waals surface area (Å²) in [7, 11) is 2.08. The Bertz CT molecular complexity index is 674. The minimum atomic E-state index is -0.321. The van der Waals surface area contributed by atoms with Gasteiger partial charge in [0.25, 0.3) is 0 Å². The highest BCUT2D eigenvalue weighted by Gasteiger charge is 2.23. The lowest BCUT2D eigenvalue weighted by Crippen LogP contribution is -2.39. The molecule has 1 fully saturated rings. The third-order valence-electron chi connectivity index (χ3n) is 3.92. The van der Waals surface area contributed by atoms with Crippen molar-refractivity contribution in [2.45, 2.75) is 18.9 Å². The van der Waals surface area contributed by atoms with Crippen molar-refractivity contribution in [2.75, 3.05) is 25.5 Å². The molecule has 6 nitrogen and oxygen atoms in total. The van der Waals surface area contributed by atoms with E-state index in [4.69, 9.17) is 0 Å². The van der Waals surface area contributed by atoms with Gasteiger partial charge < -0.3 is 10.2 Å². The van der Waals surface area contributed by atoms with Crippen LogP contribution in [0, 0.1) is 10.1 Å². The van der Waals surface area contributed by atoms with Crippen molar-refractivity contribution < 1.29 is 4.92 Å². The third kappa shape index (κ3) is 2.80. The summed E-state index contributed by atoms with van der Waals surface area (Å²) in [5.41, 5.74) is 1.35. The average molecular weight is 286 g/mol. The molecule has 1 atom stereocenters. The summed E-state index contributed by atoms with van der Waals surface area (Å²) in [6, 6.07) is 7.32. The molecule has 0 aliphatic carbocycles. The fraction of sp³-hybridized carbons (Fsp3) is 0.400. The predicted octanol–water partition coefficient (Wildman–Crippen LogP) is 2.65. The summed E-state index contributed by atoms with van der Waals surface area (Å²) in [5.74, 6) is 0. The monoisotopic (exact) mass is 286 g/mol.